The molecule has 1 rings (SSSR count). The number of ether oxygens (including phenoxy) is 2. The predicted octanol–water partition coefficient (Wildman–Crippen LogP) is 11.1. The van der Waals surface area contributed by atoms with Gasteiger partial charge < -0.3 is 35.4 Å². The third-order valence-electron chi connectivity index (χ3n) is 11.9. The number of hydrogen-bond donors (Lipinski definition) is 5. The highest BCUT2D eigenvalue weighted by Crippen LogP contribution is 2.43. The lowest BCUT2D eigenvalue weighted by molar-refractivity contribution is -0.161. The van der Waals surface area contributed by atoms with Gasteiger partial charge in [0.15, 0.2) is 6.10 Å². The van der Waals surface area contributed by atoms with E-state index in [1.54, 1.807) is 6.08 Å². The fourth-order valence-corrected chi connectivity index (χ4v) is 8.87. The Balaban J connectivity index is 2.29. The first-order valence-corrected chi connectivity index (χ1v) is 26.6. The molecule has 1 aliphatic carbocycles. The minimum absolute atomic E-state index is 0.0159. The number of phosphoric acid groups is 1. The maximum absolute atomic E-state index is 12.7. The molecule has 7 atom stereocenters. The van der Waals surface area contributed by atoms with Gasteiger partial charge in [0, 0.05) is 31.7 Å². The van der Waals surface area contributed by atoms with Crippen LogP contribution in [0.5, 0.6) is 0 Å². The zero-order chi connectivity index (χ0) is 45.5. The third kappa shape index (κ3) is 32.9. The summed E-state index contributed by atoms with van der Waals surface area (Å²) in [4.78, 5) is 35.2. The summed E-state index contributed by atoms with van der Waals surface area (Å²) in [7, 11) is -4.45. The van der Waals surface area contributed by atoms with Crippen molar-refractivity contribution < 1.29 is 52.9 Å². The molecule has 1 unspecified atom stereocenters. The molecule has 12 nitrogen and oxygen atoms in total. The molecule has 0 aromatic heterocycles. The van der Waals surface area contributed by atoms with Crippen LogP contribution in [0.1, 0.15) is 213 Å². The van der Waals surface area contributed by atoms with E-state index in [4.69, 9.17) is 24.3 Å². The van der Waals surface area contributed by atoms with E-state index in [1.807, 2.05) is 18.2 Å². The van der Waals surface area contributed by atoms with Crippen molar-refractivity contribution in [1.29, 1.82) is 0 Å². The molecule has 0 amide bonds. The molecule has 0 aliphatic heterocycles. The minimum Gasteiger partial charge on any atom is -0.462 e. The SMILES string of the molecule is CCCCCCCCCCCCCCCCCCCCCCCC(=O)OC[C@H](COP(=O)(O)OCCN)OC(=O)CCC/C=C/C[C@@H]1[C@@H](/C=C/[C@@H](O)CCCCC)[C@H](O)C[C@@H]1O. The summed E-state index contributed by atoms with van der Waals surface area (Å²) in [6, 6.07) is 0. The Kier molecular flexibility index (Phi) is 37.4. The van der Waals surface area contributed by atoms with Gasteiger partial charge in [-0.05, 0) is 38.0 Å². The Morgan fingerprint density at radius 2 is 1.19 bits per heavy atom. The maximum atomic E-state index is 12.7. The van der Waals surface area contributed by atoms with Crippen LogP contribution in [0.3, 0.4) is 0 Å². The molecule has 1 aliphatic rings. The second-order valence-electron chi connectivity index (χ2n) is 17.7. The second-order valence-corrected chi connectivity index (χ2v) is 19.1. The number of unbranched alkanes of at least 4 members (excludes halogenated alkanes) is 23. The number of nitrogens with two attached hydrogens (primary N) is 1. The number of esters is 2. The number of carbonyl (C=O) groups is 2. The van der Waals surface area contributed by atoms with Gasteiger partial charge in [-0.25, -0.2) is 4.57 Å². The highest BCUT2D eigenvalue weighted by Gasteiger charge is 2.39. The Labute approximate surface area is 377 Å². The normalized spacial score (nSPS) is 19.9. The van der Waals surface area contributed by atoms with Crippen molar-refractivity contribution in [3.63, 3.8) is 0 Å². The lowest BCUT2D eigenvalue weighted by Gasteiger charge is -2.20. The Hall–Kier alpha value is -1.63. The van der Waals surface area contributed by atoms with Crippen LogP contribution in [0.4, 0.5) is 0 Å². The molecule has 13 heteroatoms. The Morgan fingerprint density at radius 3 is 1.74 bits per heavy atom. The molecule has 0 saturated heterocycles. The van der Waals surface area contributed by atoms with Crippen molar-refractivity contribution >= 4 is 19.8 Å². The summed E-state index contributed by atoms with van der Waals surface area (Å²) in [5.74, 6) is -1.43. The summed E-state index contributed by atoms with van der Waals surface area (Å²) in [5.41, 5.74) is 5.36. The number of rotatable bonds is 43. The van der Waals surface area contributed by atoms with Crippen molar-refractivity contribution in [3.05, 3.63) is 24.3 Å². The van der Waals surface area contributed by atoms with Crippen LogP contribution in [0, 0.1) is 11.8 Å². The van der Waals surface area contributed by atoms with Crippen molar-refractivity contribution in [2.45, 2.75) is 237 Å². The van der Waals surface area contributed by atoms with Crippen LogP contribution < -0.4 is 5.73 Å². The average Bonchev–Trinajstić information content (AvgIpc) is 3.52. The van der Waals surface area contributed by atoms with E-state index in [9.17, 15) is 34.4 Å². The van der Waals surface area contributed by atoms with Crippen molar-refractivity contribution in [1.82, 2.24) is 0 Å². The predicted molar refractivity (Wildman–Crippen MR) is 249 cm³/mol. The van der Waals surface area contributed by atoms with E-state index < -0.39 is 50.8 Å². The number of allylic oxidation sites excluding steroid dienone is 2. The van der Waals surface area contributed by atoms with Gasteiger partial charge in [0.1, 0.15) is 6.61 Å². The first-order valence-electron chi connectivity index (χ1n) is 25.1. The second kappa shape index (κ2) is 39.7. The standard InChI is InChI=1S/C49H92NO11P/c1-3-5-7-8-9-10-11-12-13-14-15-16-17-18-19-20-21-22-23-24-29-33-48(54)58-40-43(41-60-62(56,57)59-38-37-50)61-49(55)34-30-26-25-28-32-44-45(47(53)39-46(44)52)36-35-42(51)31-27-6-4-2/h25,28,35-36,42-47,51-53H,3-24,26-27,29-34,37-41,50H2,1-2H3,(H,56,57)/b28-25+,36-35+/t42-,43+,44+,45+,46-,47+/m0/s1. The van der Waals surface area contributed by atoms with Crippen LogP contribution in [0.25, 0.3) is 0 Å². The van der Waals surface area contributed by atoms with E-state index in [-0.39, 0.29) is 50.9 Å². The lowest BCUT2D eigenvalue weighted by Crippen LogP contribution is -2.29. The number of hydrogen-bond acceptors (Lipinski definition) is 11. The fraction of sp³-hybridized carbons (Fsp3) is 0.878. The van der Waals surface area contributed by atoms with Gasteiger partial charge in [0.25, 0.3) is 0 Å². The lowest BCUT2D eigenvalue weighted by atomic mass is 9.89. The van der Waals surface area contributed by atoms with Crippen LogP contribution in [-0.4, -0.2) is 82.9 Å². The van der Waals surface area contributed by atoms with E-state index >= 15 is 0 Å². The molecule has 6 N–H and O–H groups in total. The monoisotopic (exact) mass is 902 g/mol. The van der Waals surface area contributed by atoms with Gasteiger partial charge in [-0.2, -0.15) is 0 Å². The highest BCUT2D eigenvalue weighted by atomic mass is 31.2. The van der Waals surface area contributed by atoms with Crippen LogP contribution >= 0.6 is 7.82 Å². The van der Waals surface area contributed by atoms with Gasteiger partial charge in [0.05, 0.1) is 31.5 Å². The van der Waals surface area contributed by atoms with Gasteiger partial charge in [-0.3, -0.25) is 18.6 Å². The minimum atomic E-state index is -4.45. The topological polar surface area (TPSA) is 195 Å². The van der Waals surface area contributed by atoms with Crippen molar-refractivity contribution in [2.24, 2.45) is 17.6 Å². The number of phosphoric ester groups is 1. The molecule has 0 heterocycles. The van der Waals surface area contributed by atoms with Crippen LogP contribution in [0.2, 0.25) is 0 Å². The summed E-state index contributed by atoms with van der Waals surface area (Å²) < 4.78 is 32.9. The van der Waals surface area contributed by atoms with Gasteiger partial charge in [-0.15, -0.1) is 0 Å². The number of aliphatic hydroxyl groups is 3. The Morgan fingerprint density at radius 1 is 0.677 bits per heavy atom. The smallest absolute Gasteiger partial charge is 0.462 e. The molecule has 0 aromatic rings. The molecule has 0 spiro atoms. The molecular weight excluding hydrogens is 810 g/mol. The molecule has 62 heavy (non-hydrogen) atoms. The van der Waals surface area contributed by atoms with Crippen LogP contribution in [0.15, 0.2) is 24.3 Å². The van der Waals surface area contributed by atoms with Crippen molar-refractivity contribution in [2.75, 3.05) is 26.4 Å². The summed E-state index contributed by atoms with van der Waals surface area (Å²) in [5, 5.41) is 31.4. The first-order chi connectivity index (χ1) is 30.0. The average molecular weight is 902 g/mol. The molecule has 364 valence electrons. The zero-order valence-electron chi connectivity index (χ0n) is 39.2. The van der Waals surface area contributed by atoms with E-state index in [2.05, 4.69) is 13.8 Å². The number of carbonyl (C=O) groups excluding carboxylic acids is 2. The van der Waals surface area contributed by atoms with Gasteiger partial charge in [-0.1, -0.05) is 186 Å². The van der Waals surface area contributed by atoms with E-state index in [0.717, 1.165) is 38.5 Å². The third-order valence-corrected chi connectivity index (χ3v) is 12.9. The quantitative estimate of drug-likeness (QED) is 0.0168. The molecule has 1 fully saturated rings. The van der Waals surface area contributed by atoms with Gasteiger partial charge in [0.2, 0.25) is 0 Å². The molecule has 0 radical (unpaired) electrons. The van der Waals surface area contributed by atoms with E-state index in [0.29, 0.717) is 32.1 Å². The van der Waals surface area contributed by atoms with Gasteiger partial charge >= 0.3 is 19.8 Å². The summed E-state index contributed by atoms with van der Waals surface area (Å²) in [6.07, 6.45) is 37.4. The highest BCUT2D eigenvalue weighted by molar-refractivity contribution is 7.47. The molecule has 1 saturated carbocycles. The maximum Gasteiger partial charge on any atom is 0.472 e. The summed E-state index contributed by atoms with van der Waals surface area (Å²) in [6.45, 7) is 3.39. The fourth-order valence-electron chi connectivity index (χ4n) is 8.10. The number of aliphatic hydroxyl groups excluding tert-OH is 3. The Bertz CT molecular complexity index is 1190. The van der Waals surface area contributed by atoms with Crippen LogP contribution in [-0.2, 0) is 32.7 Å². The molecule has 0 bridgehead atoms. The zero-order valence-corrected chi connectivity index (χ0v) is 40.1. The largest absolute Gasteiger partial charge is 0.472 e. The molecule has 0 aromatic carbocycles. The first kappa shape index (κ1) is 58.4. The summed E-state index contributed by atoms with van der Waals surface area (Å²) >= 11 is 0. The van der Waals surface area contributed by atoms with Crippen molar-refractivity contribution in [3.8, 4) is 0 Å². The van der Waals surface area contributed by atoms with E-state index in [1.165, 1.54) is 109 Å². The molecular formula is C49H92NO11P.